The van der Waals surface area contributed by atoms with Crippen molar-refractivity contribution in [1.82, 2.24) is 5.32 Å². The summed E-state index contributed by atoms with van der Waals surface area (Å²) in [5.41, 5.74) is 0. The second kappa shape index (κ2) is 18.6. The Hall–Kier alpha value is -5.33. The average molecular weight is 762 g/mol. The summed E-state index contributed by atoms with van der Waals surface area (Å²) in [6, 6.07) is 11.1. The molecule has 2 aliphatic rings. The fourth-order valence-corrected chi connectivity index (χ4v) is 6.05. The molecule has 0 radical (unpaired) electrons. The summed E-state index contributed by atoms with van der Waals surface area (Å²) in [6.07, 6.45) is -13.6. The van der Waals surface area contributed by atoms with Crippen molar-refractivity contribution in [3.8, 4) is 5.75 Å². The number of nitrogens with one attached hydrogen (secondary N) is 1. The summed E-state index contributed by atoms with van der Waals surface area (Å²) in [5, 5.41) is 4.27. The van der Waals surface area contributed by atoms with E-state index in [-0.39, 0.29) is 5.75 Å². The predicted molar refractivity (Wildman–Crippen MR) is 180 cm³/mol. The highest BCUT2D eigenvalue weighted by atomic mass is 16.8. The SMILES string of the molecule is CC(=O)N[C@H]1[C@H](O[C@@H]2[C@@H](OC(C)=O)[C@H](Oc3ccc4ccccc4c3)O[C@H](COC(C)=O)[C@H]2OC(C)=O)O[C@H](COC(C)=O)[C@@H](OC(C)=O)[C@@H]1OC(C)=O. The number of ether oxygens (including phenoxy) is 10. The molecule has 2 aliphatic heterocycles. The minimum Gasteiger partial charge on any atom is -0.463 e. The van der Waals surface area contributed by atoms with E-state index in [0.29, 0.717) is 0 Å². The lowest BCUT2D eigenvalue weighted by molar-refractivity contribution is -0.340. The highest BCUT2D eigenvalue weighted by Crippen LogP contribution is 2.35. The maximum Gasteiger partial charge on any atom is 0.303 e. The molecule has 0 unspecified atom stereocenters. The monoisotopic (exact) mass is 761 g/mol. The average Bonchev–Trinajstić information content (AvgIpc) is 3.07. The summed E-state index contributed by atoms with van der Waals surface area (Å²) in [5.74, 6) is -5.21. The maximum absolute atomic E-state index is 12.7. The van der Waals surface area contributed by atoms with E-state index in [9.17, 15) is 33.6 Å². The molecule has 0 saturated carbocycles. The lowest BCUT2D eigenvalue weighted by atomic mass is 9.94. The normalized spacial score (nSPS) is 27.8. The van der Waals surface area contributed by atoms with Gasteiger partial charge in [-0.3, -0.25) is 33.6 Å². The first-order chi connectivity index (χ1) is 25.5. The second-order valence-corrected chi connectivity index (χ2v) is 12.4. The minimum absolute atomic E-state index is 0.261. The molecule has 54 heavy (non-hydrogen) atoms. The predicted octanol–water partition coefficient (Wildman–Crippen LogP) is 1.41. The topological polar surface area (TPSA) is 224 Å². The number of amides is 1. The molecule has 18 heteroatoms. The van der Waals surface area contributed by atoms with Crippen molar-refractivity contribution < 1.29 is 80.9 Å². The van der Waals surface area contributed by atoms with Crippen LogP contribution in [0.3, 0.4) is 0 Å². The lowest BCUT2D eigenvalue weighted by Crippen LogP contribution is -2.69. The molecule has 4 rings (SSSR count). The number of esters is 6. The molecule has 2 saturated heterocycles. The molecule has 0 aromatic heterocycles. The molecule has 2 fully saturated rings. The second-order valence-electron chi connectivity index (χ2n) is 12.4. The largest absolute Gasteiger partial charge is 0.463 e. The Morgan fingerprint density at radius 2 is 1.04 bits per heavy atom. The van der Waals surface area contributed by atoms with E-state index < -0.39 is 116 Å². The Kier molecular flexibility index (Phi) is 14.3. The number of carbonyl (C=O) groups excluding carboxylic acids is 7. The van der Waals surface area contributed by atoms with Crippen LogP contribution in [0.1, 0.15) is 48.5 Å². The standard InChI is InChI=1S/C36H43NO17/c1-17(38)37-29-32(49-22(6)43)30(47-20(4)41)27(15-45-18(2)39)52-35(29)54-33-31(48-21(5)42)28(16-46-19(3)40)53-36(34(33)50-23(7)44)51-26-13-12-24-10-8-9-11-25(24)14-26/h8-14,27-36H,15-16H2,1-7H3,(H,37,38)/t27-,28-,29-,30-,31-,32-,33+,34-,35+,36-/m1/s1. The van der Waals surface area contributed by atoms with Gasteiger partial charge in [-0.1, -0.05) is 30.3 Å². The first-order valence-corrected chi connectivity index (χ1v) is 16.9. The van der Waals surface area contributed by atoms with Gasteiger partial charge in [-0.25, -0.2) is 0 Å². The van der Waals surface area contributed by atoms with Crippen LogP contribution in [0.2, 0.25) is 0 Å². The van der Waals surface area contributed by atoms with Crippen LogP contribution >= 0.6 is 0 Å². The highest BCUT2D eigenvalue weighted by molar-refractivity contribution is 5.83. The fraction of sp³-hybridized carbons (Fsp3) is 0.528. The van der Waals surface area contributed by atoms with Gasteiger partial charge in [0, 0.05) is 48.5 Å². The van der Waals surface area contributed by atoms with Gasteiger partial charge in [0.2, 0.25) is 12.2 Å². The van der Waals surface area contributed by atoms with Gasteiger partial charge >= 0.3 is 35.8 Å². The molecule has 2 heterocycles. The number of hydrogen-bond acceptors (Lipinski definition) is 17. The Morgan fingerprint density at radius 3 is 1.56 bits per heavy atom. The van der Waals surface area contributed by atoms with E-state index in [1.165, 1.54) is 0 Å². The van der Waals surface area contributed by atoms with Crippen LogP contribution in [0.5, 0.6) is 5.75 Å². The first kappa shape index (κ1) is 41.4. The molecule has 10 atom stereocenters. The van der Waals surface area contributed by atoms with E-state index in [4.69, 9.17) is 47.4 Å². The van der Waals surface area contributed by atoms with Gasteiger partial charge in [0.15, 0.2) is 30.7 Å². The lowest BCUT2D eigenvalue weighted by Gasteiger charge is -2.49. The molecule has 2 aromatic rings. The van der Waals surface area contributed by atoms with Crippen molar-refractivity contribution in [3.63, 3.8) is 0 Å². The van der Waals surface area contributed by atoms with Gasteiger partial charge in [0.1, 0.15) is 43.3 Å². The van der Waals surface area contributed by atoms with Crippen molar-refractivity contribution in [3.05, 3.63) is 42.5 Å². The molecule has 1 amide bonds. The number of benzene rings is 2. The summed E-state index contributed by atoms with van der Waals surface area (Å²) in [7, 11) is 0. The van der Waals surface area contributed by atoms with Gasteiger partial charge in [-0.05, 0) is 22.9 Å². The molecular formula is C36H43NO17. The Bertz CT molecular complexity index is 1710. The summed E-state index contributed by atoms with van der Waals surface area (Å²) < 4.78 is 57.9. The van der Waals surface area contributed by atoms with Crippen LogP contribution in [0, 0.1) is 0 Å². The van der Waals surface area contributed by atoms with Crippen LogP contribution < -0.4 is 10.1 Å². The Balaban J connectivity index is 1.85. The third-order valence-corrected chi connectivity index (χ3v) is 7.98. The summed E-state index contributed by atoms with van der Waals surface area (Å²) in [4.78, 5) is 86.3. The van der Waals surface area contributed by atoms with Crippen LogP contribution in [0.25, 0.3) is 10.8 Å². The molecule has 18 nitrogen and oxygen atoms in total. The molecule has 0 bridgehead atoms. The molecular weight excluding hydrogens is 718 g/mol. The van der Waals surface area contributed by atoms with Crippen molar-refractivity contribution in [1.29, 1.82) is 0 Å². The van der Waals surface area contributed by atoms with Crippen molar-refractivity contribution >= 4 is 52.5 Å². The Morgan fingerprint density at radius 1 is 0.556 bits per heavy atom. The third-order valence-electron chi connectivity index (χ3n) is 7.98. The van der Waals surface area contributed by atoms with Gasteiger partial charge in [-0.2, -0.15) is 0 Å². The third kappa shape index (κ3) is 11.3. The van der Waals surface area contributed by atoms with Gasteiger partial charge in [0.05, 0.1) is 0 Å². The maximum atomic E-state index is 12.7. The van der Waals surface area contributed by atoms with Gasteiger partial charge in [-0.15, -0.1) is 0 Å². The van der Waals surface area contributed by atoms with Crippen molar-refractivity contribution in [2.45, 2.75) is 110 Å². The fourth-order valence-electron chi connectivity index (χ4n) is 6.05. The van der Waals surface area contributed by atoms with E-state index in [0.717, 1.165) is 59.2 Å². The highest BCUT2D eigenvalue weighted by Gasteiger charge is 2.57. The Labute approximate surface area is 309 Å². The molecule has 294 valence electrons. The first-order valence-electron chi connectivity index (χ1n) is 16.9. The summed E-state index contributed by atoms with van der Waals surface area (Å²) >= 11 is 0. The van der Waals surface area contributed by atoms with Crippen LogP contribution in [-0.4, -0.2) is 116 Å². The number of carbonyl (C=O) groups is 7. The minimum atomic E-state index is -1.71. The van der Waals surface area contributed by atoms with Crippen molar-refractivity contribution in [2.75, 3.05) is 13.2 Å². The van der Waals surface area contributed by atoms with E-state index in [1.54, 1.807) is 18.2 Å². The van der Waals surface area contributed by atoms with Gasteiger partial charge in [0.25, 0.3) is 0 Å². The quantitative estimate of drug-likeness (QED) is 0.225. The number of fused-ring (bicyclic) bond motifs is 1. The zero-order valence-corrected chi connectivity index (χ0v) is 30.7. The van der Waals surface area contributed by atoms with Gasteiger partial charge < -0.3 is 52.7 Å². The van der Waals surface area contributed by atoms with E-state index in [2.05, 4.69) is 5.32 Å². The number of hydrogen-bond donors (Lipinski definition) is 1. The zero-order valence-electron chi connectivity index (χ0n) is 30.7. The van der Waals surface area contributed by atoms with Crippen LogP contribution in [-0.2, 0) is 76.2 Å². The molecule has 2 aromatic carbocycles. The smallest absolute Gasteiger partial charge is 0.303 e. The zero-order chi connectivity index (χ0) is 39.7. The molecule has 0 spiro atoms. The van der Waals surface area contributed by atoms with E-state index in [1.807, 2.05) is 24.3 Å². The summed E-state index contributed by atoms with van der Waals surface area (Å²) in [6.45, 7) is 6.71. The van der Waals surface area contributed by atoms with Crippen molar-refractivity contribution in [2.24, 2.45) is 0 Å². The van der Waals surface area contributed by atoms with Crippen LogP contribution in [0.4, 0.5) is 0 Å². The van der Waals surface area contributed by atoms with E-state index >= 15 is 0 Å². The molecule has 1 N–H and O–H groups in total. The molecule has 0 aliphatic carbocycles. The number of rotatable bonds is 13. The van der Waals surface area contributed by atoms with Crippen LogP contribution in [0.15, 0.2) is 42.5 Å².